The molecular weight excluding hydrogens is 300 g/mol. The van der Waals surface area contributed by atoms with Gasteiger partial charge in [0.2, 0.25) is 0 Å². The molecule has 0 aliphatic rings. The minimum atomic E-state index is -0.966. The number of carbonyl (C=O) groups excluding carboxylic acids is 1. The summed E-state index contributed by atoms with van der Waals surface area (Å²) in [6.45, 7) is 8.19. The van der Waals surface area contributed by atoms with Crippen LogP contribution in [0, 0.1) is 0 Å². The number of anilines is 1. The standard InChI is InChI=1S/C16H26N2O3S/c1-12(10-21-5)17-15(19)18-14-8-6-7-13(9-14)11-22(20)16(2,3)4/h6-9,12H,10-11H2,1-5H3,(H2,17,18,19)/t12-,22+/m1/s1. The van der Waals surface area contributed by atoms with Crippen LogP contribution in [0.3, 0.4) is 0 Å². The van der Waals surface area contributed by atoms with Crippen molar-refractivity contribution in [1.82, 2.24) is 5.32 Å². The maximum absolute atomic E-state index is 12.2. The average Bonchev–Trinajstić information content (AvgIpc) is 2.37. The van der Waals surface area contributed by atoms with E-state index < -0.39 is 10.8 Å². The van der Waals surface area contributed by atoms with E-state index in [4.69, 9.17) is 4.74 Å². The fourth-order valence-corrected chi connectivity index (χ4v) is 2.70. The van der Waals surface area contributed by atoms with Gasteiger partial charge in [-0.3, -0.25) is 4.21 Å². The molecule has 0 aliphatic heterocycles. The molecule has 2 amide bonds. The highest BCUT2D eigenvalue weighted by Gasteiger charge is 2.19. The summed E-state index contributed by atoms with van der Waals surface area (Å²) in [5.74, 6) is 0.473. The number of methoxy groups -OCH3 is 1. The number of urea groups is 1. The number of amides is 2. The molecule has 1 aromatic rings. The number of nitrogens with one attached hydrogen (secondary N) is 2. The Kier molecular flexibility index (Phi) is 7.03. The van der Waals surface area contributed by atoms with Gasteiger partial charge in [-0.05, 0) is 45.4 Å². The first-order chi connectivity index (χ1) is 10.2. The van der Waals surface area contributed by atoms with Crippen molar-refractivity contribution in [1.29, 1.82) is 0 Å². The predicted molar refractivity (Wildman–Crippen MR) is 91.5 cm³/mol. The lowest BCUT2D eigenvalue weighted by atomic mass is 10.2. The molecule has 0 aliphatic carbocycles. The second kappa shape index (κ2) is 8.29. The monoisotopic (exact) mass is 326 g/mol. The zero-order valence-corrected chi connectivity index (χ0v) is 14.8. The van der Waals surface area contributed by atoms with Gasteiger partial charge < -0.3 is 15.4 Å². The van der Waals surface area contributed by atoms with Gasteiger partial charge in [-0.15, -0.1) is 0 Å². The molecule has 0 aromatic heterocycles. The van der Waals surface area contributed by atoms with Crippen LogP contribution in [-0.4, -0.2) is 34.7 Å². The molecule has 0 saturated heterocycles. The van der Waals surface area contributed by atoms with E-state index in [0.29, 0.717) is 18.0 Å². The Morgan fingerprint density at radius 1 is 1.36 bits per heavy atom. The molecular formula is C16H26N2O3S. The van der Waals surface area contributed by atoms with Crippen LogP contribution in [0.1, 0.15) is 33.3 Å². The maximum atomic E-state index is 12.2. The van der Waals surface area contributed by atoms with Crippen LogP contribution >= 0.6 is 0 Å². The van der Waals surface area contributed by atoms with Gasteiger partial charge >= 0.3 is 6.03 Å². The van der Waals surface area contributed by atoms with E-state index >= 15 is 0 Å². The Balaban J connectivity index is 2.64. The Morgan fingerprint density at radius 3 is 2.64 bits per heavy atom. The largest absolute Gasteiger partial charge is 0.383 e. The van der Waals surface area contributed by atoms with Crippen molar-refractivity contribution in [2.45, 2.75) is 44.2 Å². The minimum Gasteiger partial charge on any atom is -0.383 e. The van der Waals surface area contributed by atoms with E-state index in [1.807, 2.05) is 52.0 Å². The fourth-order valence-electron chi connectivity index (χ4n) is 1.79. The smallest absolute Gasteiger partial charge is 0.319 e. The molecule has 6 heteroatoms. The lowest BCUT2D eigenvalue weighted by Crippen LogP contribution is -2.38. The van der Waals surface area contributed by atoms with Crippen LogP contribution in [0.15, 0.2) is 24.3 Å². The van der Waals surface area contributed by atoms with Crippen molar-refractivity contribution in [2.24, 2.45) is 0 Å². The maximum Gasteiger partial charge on any atom is 0.319 e. The van der Waals surface area contributed by atoms with Crippen LogP contribution in [0.4, 0.5) is 10.5 Å². The minimum absolute atomic E-state index is 0.0680. The van der Waals surface area contributed by atoms with Gasteiger partial charge in [0.15, 0.2) is 0 Å². The molecule has 0 heterocycles. The summed E-state index contributed by atoms with van der Waals surface area (Å²) in [6.07, 6.45) is 0. The van der Waals surface area contributed by atoms with Crippen molar-refractivity contribution in [3.05, 3.63) is 29.8 Å². The van der Waals surface area contributed by atoms with E-state index in [2.05, 4.69) is 10.6 Å². The van der Waals surface area contributed by atoms with Crippen LogP contribution in [0.25, 0.3) is 0 Å². The summed E-state index contributed by atoms with van der Waals surface area (Å²) in [4.78, 5) is 11.9. The highest BCUT2D eigenvalue weighted by atomic mass is 32.2. The van der Waals surface area contributed by atoms with Gasteiger partial charge in [-0.2, -0.15) is 0 Å². The fraction of sp³-hybridized carbons (Fsp3) is 0.562. The SMILES string of the molecule is COC[C@@H](C)NC(=O)Nc1cccc(C[S@](=O)C(C)(C)C)c1. The molecule has 0 saturated carbocycles. The van der Waals surface area contributed by atoms with E-state index in [-0.39, 0.29) is 16.8 Å². The summed E-state index contributed by atoms with van der Waals surface area (Å²) in [6, 6.07) is 7.08. The molecule has 124 valence electrons. The molecule has 1 aromatic carbocycles. The first-order valence-corrected chi connectivity index (χ1v) is 8.58. The Hall–Kier alpha value is -1.40. The van der Waals surface area contributed by atoms with Crippen LogP contribution in [0.2, 0.25) is 0 Å². The third-order valence-electron chi connectivity index (χ3n) is 2.96. The zero-order chi connectivity index (χ0) is 16.8. The molecule has 5 nitrogen and oxygen atoms in total. The summed E-state index contributed by atoms with van der Waals surface area (Å²) >= 11 is 0. The van der Waals surface area contributed by atoms with E-state index in [1.165, 1.54) is 0 Å². The van der Waals surface area contributed by atoms with Crippen molar-refractivity contribution < 1.29 is 13.7 Å². The first kappa shape index (κ1) is 18.6. The second-order valence-electron chi connectivity index (χ2n) is 6.26. The normalized spacial score (nSPS) is 14.2. The summed E-state index contributed by atoms with van der Waals surface area (Å²) in [5, 5.41) is 5.56. The first-order valence-electron chi connectivity index (χ1n) is 7.26. The summed E-state index contributed by atoms with van der Waals surface area (Å²) in [7, 11) is 0.626. The van der Waals surface area contributed by atoms with Crippen molar-refractivity contribution >= 4 is 22.5 Å². The summed E-state index contributed by atoms with van der Waals surface area (Å²) in [5.41, 5.74) is 1.63. The van der Waals surface area contributed by atoms with E-state index in [1.54, 1.807) is 7.11 Å². The van der Waals surface area contributed by atoms with Gasteiger partial charge in [-0.25, -0.2) is 4.79 Å². The Labute approximate surface area is 135 Å². The molecule has 0 radical (unpaired) electrons. The molecule has 0 fully saturated rings. The quantitative estimate of drug-likeness (QED) is 0.844. The molecule has 2 atom stereocenters. The highest BCUT2D eigenvalue weighted by Crippen LogP contribution is 2.18. The zero-order valence-electron chi connectivity index (χ0n) is 13.9. The lowest BCUT2D eigenvalue weighted by molar-refractivity contribution is 0.173. The molecule has 2 N–H and O–H groups in total. The number of carbonyl (C=O) groups is 1. The van der Waals surface area contributed by atoms with Gasteiger partial charge in [0.1, 0.15) is 0 Å². The third-order valence-corrected chi connectivity index (χ3v) is 4.92. The van der Waals surface area contributed by atoms with Crippen molar-refractivity contribution in [3.63, 3.8) is 0 Å². The number of ether oxygens (including phenoxy) is 1. The second-order valence-corrected chi connectivity index (χ2v) is 8.46. The third kappa shape index (κ3) is 6.58. The topological polar surface area (TPSA) is 67.4 Å². The number of hydrogen-bond donors (Lipinski definition) is 2. The number of benzene rings is 1. The van der Waals surface area contributed by atoms with Crippen LogP contribution in [-0.2, 0) is 21.3 Å². The predicted octanol–water partition coefficient (Wildman–Crippen LogP) is 2.89. The van der Waals surface area contributed by atoms with Crippen molar-refractivity contribution in [2.75, 3.05) is 19.0 Å². The highest BCUT2D eigenvalue weighted by molar-refractivity contribution is 7.85. The molecule has 1 rings (SSSR count). The van der Waals surface area contributed by atoms with Gasteiger partial charge in [0, 0.05) is 34.1 Å². The van der Waals surface area contributed by atoms with Crippen LogP contribution < -0.4 is 10.6 Å². The number of rotatable bonds is 6. The molecule has 0 unspecified atom stereocenters. The number of hydrogen-bond acceptors (Lipinski definition) is 3. The lowest BCUT2D eigenvalue weighted by Gasteiger charge is -2.18. The average molecular weight is 326 g/mol. The van der Waals surface area contributed by atoms with Crippen molar-refractivity contribution in [3.8, 4) is 0 Å². The van der Waals surface area contributed by atoms with E-state index in [9.17, 15) is 9.00 Å². The van der Waals surface area contributed by atoms with Gasteiger partial charge in [0.25, 0.3) is 0 Å². The Bertz CT molecular complexity index is 526. The summed E-state index contributed by atoms with van der Waals surface area (Å²) < 4.78 is 16.9. The molecule has 22 heavy (non-hydrogen) atoms. The molecule has 0 spiro atoms. The molecule has 0 bridgehead atoms. The van der Waals surface area contributed by atoms with E-state index in [0.717, 1.165) is 5.56 Å². The van der Waals surface area contributed by atoms with Gasteiger partial charge in [0.05, 0.1) is 12.6 Å². The van der Waals surface area contributed by atoms with Crippen LogP contribution in [0.5, 0.6) is 0 Å². The Morgan fingerprint density at radius 2 is 2.05 bits per heavy atom. The van der Waals surface area contributed by atoms with Gasteiger partial charge in [-0.1, -0.05) is 12.1 Å².